The number of ether oxygens (including phenoxy) is 2. The van der Waals surface area contributed by atoms with E-state index in [0.717, 1.165) is 60.3 Å². The van der Waals surface area contributed by atoms with E-state index in [0.29, 0.717) is 31.9 Å². The maximum absolute atomic E-state index is 10.9. The summed E-state index contributed by atoms with van der Waals surface area (Å²) in [4.78, 5) is 1.78. The number of phenols is 1. The molecule has 1 fully saturated rings. The Balaban J connectivity index is 1.53. The van der Waals surface area contributed by atoms with Crippen molar-refractivity contribution in [2.75, 3.05) is 26.3 Å². The van der Waals surface area contributed by atoms with E-state index >= 15 is 0 Å². The Kier molecular flexibility index (Phi) is 10.3. The third-order valence-electron chi connectivity index (χ3n) is 8.35. The Hall–Kier alpha value is -1.26. The van der Waals surface area contributed by atoms with E-state index in [9.17, 15) is 5.11 Å². The number of nitrogens with zero attached hydrogens (tertiary/aromatic N) is 1. The molecule has 0 unspecified atom stereocenters. The first-order valence-electron chi connectivity index (χ1n) is 15.8. The van der Waals surface area contributed by atoms with Gasteiger partial charge in [-0.15, -0.1) is 0 Å². The van der Waals surface area contributed by atoms with E-state index in [-0.39, 0.29) is 11.4 Å². The first-order valence-corrected chi connectivity index (χ1v) is 14.8. The SMILES string of the molecule is [2H]C([2H])(c1c(O)cc(C)c2c1CC[C@@](C)(CCC[C@H](C)CCC[C@H](C)CCCC(C)C)O2)N1CCOCC1. The lowest BCUT2D eigenvalue weighted by atomic mass is 9.84. The molecular weight excluding hydrogens is 446 g/mol. The number of aromatic hydroxyl groups is 1. The third-order valence-corrected chi connectivity index (χ3v) is 8.35. The van der Waals surface area contributed by atoms with Crippen LogP contribution in [0.15, 0.2) is 6.07 Å². The predicted octanol–water partition coefficient (Wildman–Crippen LogP) is 8.06. The zero-order chi connectivity index (χ0) is 27.9. The van der Waals surface area contributed by atoms with Gasteiger partial charge in [0.1, 0.15) is 17.1 Å². The monoisotopic (exact) mass is 503 g/mol. The first kappa shape index (κ1) is 26.4. The molecule has 1 saturated heterocycles. The van der Waals surface area contributed by atoms with Crippen LogP contribution in [0.25, 0.3) is 0 Å². The number of hydrogen-bond donors (Lipinski definition) is 1. The van der Waals surface area contributed by atoms with Gasteiger partial charge in [-0.2, -0.15) is 0 Å². The number of phenolic OH excluding ortho intramolecular Hbond substituents is 1. The highest BCUT2D eigenvalue weighted by atomic mass is 16.5. The lowest BCUT2D eigenvalue weighted by Gasteiger charge is -2.38. The quantitative estimate of drug-likeness (QED) is 0.279. The van der Waals surface area contributed by atoms with Crippen molar-refractivity contribution in [3.8, 4) is 11.5 Å². The number of aryl methyl sites for hydroxylation is 1. The average Bonchev–Trinajstić information content (AvgIpc) is 2.85. The van der Waals surface area contributed by atoms with Gasteiger partial charge in [0.15, 0.2) is 0 Å². The standard InChI is InChI=1S/C32H55NO3/c1-24(2)10-7-11-25(3)12-8-13-26(4)14-9-16-32(6)17-15-28-29(23-33-18-20-35-21-19-33)30(34)22-27(5)31(28)36-32/h22,24-26,34H,7-21,23H2,1-6H3/t25-,26-,32-/m1/s1/i23D2. The number of hydrogen-bond acceptors (Lipinski definition) is 4. The predicted molar refractivity (Wildman–Crippen MR) is 151 cm³/mol. The van der Waals surface area contributed by atoms with E-state index in [1.807, 2.05) is 6.92 Å². The number of rotatable bonds is 14. The Morgan fingerprint density at radius 2 is 1.61 bits per heavy atom. The summed E-state index contributed by atoms with van der Waals surface area (Å²) in [5.74, 6) is 3.22. The molecule has 1 N–H and O–H groups in total. The molecule has 0 spiro atoms. The van der Waals surface area contributed by atoms with Gasteiger partial charge >= 0.3 is 0 Å². The molecule has 1 aromatic rings. The van der Waals surface area contributed by atoms with Gasteiger partial charge in [0.2, 0.25) is 0 Å². The molecule has 2 aliphatic heterocycles. The summed E-state index contributed by atoms with van der Waals surface area (Å²) >= 11 is 0. The fourth-order valence-corrected chi connectivity index (χ4v) is 5.85. The molecule has 0 bridgehead atoms. The number of fused-ring (bicyclic) bond motifs is 1. The molecule has 0 aliphatic carbocycles. The van der Waals surface area contributed by atoms with Crippen LogP contribution in [0.1, 0.15) is 118 Å². The van der Waals surface area contributed by atoms with E-state index in [4.69, 9.17) is 12.2 Å². The van der Waals surface area contributed by atoms with Gasteiger partial charge in [-0.3, -0.25) is 4.90 Å². The maximum atomic E-state index is 10.9. The average molecular weight is 504 g/mol. The van der Waals surface area contributed by atoms with Crippen molar-refractivity contribution in [1.82, 2.24) is 4.90 Å². The largest absolute Gasteiger partial charge is 0.508 e. The Morgan fingerprint density at radius 3 is 2.25 bits per heavy atom. The minimum Gasteiger partial charge on any atom is -0.508 e. The summed E-state index contributed by atoms with van der Waals surface area (Å²) in [6.45, 7) is 13.9. The van der Waals surface area contributed by atoms with Crippen LogP contribution in [-0.2, 0) is 17.7 Å². The molecule has 0 aromatic heterocycles. The molecule has 3 rings (SSSR count). The third kappa shape index (κ3) is 8.94. The maximum Gasteiger partial charge on any atom is 0.126 e. The van der Waals surface area contributed by atoms with Crippen LogP contribution in [0.3, 0.4) is 0 Å². The zero-order valence-electron chi connectivity index (χ0n) is 26.1. The fourth-order valence-electron chi connectivity index (χ4n) is 5.85. The molecule has 4 nitrogen and oxygen atoms in total. The van der Waals surface area contributed by atoms with Crippen LogP contribution in [0.5, 0.6) is 11.5 Å². The summed E-state index contributed by atoms with van der Waals surface area (Å²) in [5, 5.41) is 10.9. The number of morpholine rings is 1. The molecule has 0 radical (unpaired) electrons. The lowest BCUT2D eigenvalue weighted by molar-refractivity contribution is 0.0325. The molecule has 0 saturated carbocycles. The minimum atomic E-state index is -1.76. The second-order valence-electron chi connectivity index (χ2n) is 12.5. The van der Waals surface area contributed by atoms with Crippen molar-refractivity contribution >= 4 is 0 Å². The highest BCUT2D eigenvalue weighted by molar-refractivity contribution is 5.54. The smallest absolute Gasteiger partial charge is 0.126 e. The minimum absolute atomic E-state index is 0.0352. The van der Waals surface area contributed by atoms with Gasteiger partial charge in [-0.1, -0.05) is 72.6 Å². The molecule has 2 heterocycles. The summed E-state index contributed by atoms with van der Waals surface area (Å²) in [6.07, 6.45) is 13.1. The highest BCUT2D eigenvalue weighted by Gasteiger charge is 2.34. The van der Waals surface area contributed by atoms with Gasteiger partial charge in [0.25, 0.3) is 0 Å². The molecule has 36 heavy (non-hydrogen) atoms. The summed E-state index contributed by atoms with van der Waals surface area (Å²) in [7, 11) is 0. The normalized spacial score (nSPS) is 23.5. The van der Waals surface area contributed by atoms with E-state index in [1.54, 1.807) is 11.0 Å². The van der Waals surface area contributed by atoms with Crippen LogP contribution in [0.4, 0.5) is 0 Å². The molecule has 0 amide bonds. The van der Waals surface area contributed by atoms with Gasteiger partial charge in [0.05, 0.1) is 13.2 Å². The molecule has 1 aromatic carbocycles. The fraction of sp³-hybridized carbons (Fsp3) is 0.812. The van der Waals surface area contributed by atoms with Crippen molar-refractivity contribution in [3.05, 3.63) is 22.8 Å². The molecular formula is C32H55NO3. The van der Waals surface area contributed by atoms with Crippen LogP contribution < -0.4 is 4.74 Å². The van der Waals surface area contributed by atoms with Gasteiger partial charge < -0.3 is 14.6 Å². The van der Waals surface area contributed by atoms with Crippen molar-refractivity contribution < 1.29 is 17.3 Å². The molecule has 2 aliphatic rings. The summed E-state index contributed by atoms with van der Waals surface area (Å²) in [5.41, 5.74) is 1.87. The van der Waals surface area contributed by atoms with Crippen LogP contribution in [-0.4, -0.2) is 41.9 Å². The van der Waals surface area contributed by atoms with E-state index in [2.05, 4.69) is 34.6 Å². The number of benzene rings is 1. The Morgan fingerprint density at radius 1 is 1.00 bits per heavy atom. The second-order valence-corrected chi connectivity index (χ2v) is 12.5. The van der Waals surface area contributed by atoms with Crippen LogP contribution in [0.2, 0.25) is 0 Å². The van der Waals surface area contributed by atoms with Gasteiger partial charge in [-0.25, -0.2) is 0 Å². The van der Waals surface area contributed by atoms with E-state index < -0.39 is 6.50 Å². The summed E-state index contributed by atoms with van der Waals surface area (Å²) < 4.78 is 29.9. The van der Waals surface area contributed by atoms with Crippen LogP contribution in [0, 0.1) is 24.7 Å². The van der Waals surface area contributed by atoms with Crippen molar-refractivity contribution in [1.29, 1.82) is 0 Å². The Bertz CT molecular complexity index is 884. The topological polar surface area (TPSA) is 41.9 Å². The van der Waals surface area contributed by atoms with Gasteiger partial charge in [0, 0.05) is 33.5 Å². The molecule has 3 atom stereocenters. The van der Waals surface area contributed by atoms with Crippen molar-refractivity contribution in [2.45, 2.75) is 124 Å². The highest BCUT2D eigenvalue weighted by Crippen LogP contribution is 2.43. The van der Waals surface area contributed by atoms with Crippen LogP contribution >= 0.6 is 0 Å². The first-order chi connectivity index (χ1) is 17.9. The Labute approximate surface area is 224 Å². The lowest BCUT2D eigenvalue weighted by Crippen LogP contribution is -2.38. The van der Waals surface area contributed by atoms with Crippen molar-refractivity contribution in [2.24, 2.45) is 17.8 Å². The summed E-state index contributed by atoms with van der Waals surface area (Å²) in [6, 6.07) is 1.68. The van der Waals surface area contributed by atoms with Gasteiger partial charge in [-0.05, 0) is 68.9 Å². The van der Waals surface area contributed by atoms with E-state index in [1.165, 1.54) is 44.9 Å². The molecule has 206 valence electrons. The zero-order valence-corrected chi connectivity index (χ0v) is 24.1. The van der Waals surface area contributed by atoms with Crippen molar-refractivity contribution in [3.63, 3.8) is 0 Å². The second kappa shape index (κ2) is 14.0. The molecule has 4 heteroatoms.